The molecule has 1 amide bonds. The average molecular weight is 407 g/mol. The Bertz CT molecular complexity index is 1010. The van der Waals surface area contributed by atoms with Crippen molar-refractivity contribution in [3.05, 3.63) is 58.4 Å². The first-order valence-corrected chi connectivity index (χ1v) is 9.80. The molecule has 0 atom stereocenters. The topological polar surface area (TPSA) is 93.3 Å². The van der Waals surface area contributed by atoms with E-state index in [-0.39, 0.29) is 5.57 Å². The zero-order valence-electron chi connectivity index (χ0n) is 17.4. The van der Waals surface area contributed by atoms with E-state index in [1.54, 1.807) is 19.2 Å². The largest absolute Gasteiger partial charge is 0.497 e. The molecule has 0 aliphatic heterocycles. The predicted octanol–water partition coefficient (Wildman–Crippen LogP) is 3.22. The summed E-state index contributed by atoms with van der Waals surface area (Å²) in [5.74, 6) is -0.524. The first-order chi connectivity index (χ1) is 14.4. The number of benzene rings is 1. The van der Waals surface area contributed by atoms with Crippen molar-refractivity contribution < 1.29 is 19.1 Å². The van der Waals surface area contributed by atoms with Gasteiger partial charge in [0.1, 0.15) is 17.4 Å². The van der Waals surface area contributed by atoms with Gasteiger partial charge in [-0.3, -0.25) is 4.79 Å². The van der Waals surface area contributed by atoms with E-state index in [2.05, 4.69) is 9.88 Å². The third-order valence-electron chi connectivity index (χ3n) is 5.06. The number of nitrogens with zero attached hydrogens (tertiary/aromatic N) is 2. The van der Waals surface area contributed by atoms with Crippen LogP contribution in [0.1, 0.15) is 41.4 Å². The van der Waals surface area contributed by atoms with Crippen molar-refractivity contribution in [1.29, 1.82) is 5.26 Å². The van der Waals surface area contributed by atoms with Crippen LogP contribution in [0, 0.1) is 25.2 Å². The number of nitriles is 1. The van der Waals surface area contributed by atoms with Crippen molar-refractivity contribution in [1.82, 2.24) is 9.88 Å². The van der Waals surface area contributed by atoms with E-state index in [9.17, 15) is 14.9 Å². The molecule has 1 saturated carbocycles. The highest BCUT2D eigenvalue weighted by Gasteiger charge is 2.27. The molecule has 1 aliphatic carbocycles. The van der Waals surface area contributed by atoms with Crippen molar-refractivity contribution in [2.24, 2.45) is 0 Å². The van der Waals surface area contributed by atoms with E-state index in [4.69, 9.17) is 9.47 Å². The third kappa shape index (κ3) is 5.09. The molecule has 7 nitrogen and oxygen atoms in total. The van der Waals surface area contributed by atoms with E-state index in [1.165, 1.54) is 6.08 Å². The second kappa shape index (κ2) is 9.31. The quantitative estimate of drug-likeness (QED) is 0.412. The van der Waals surface area contributed by atoms with Crippen LogP contribution >= 0.6 is 0 Å². The summed E-state index contributed by atoms with van der Waals surface area (Å²) in [5, 5.41) is 12.0. The van der Waals surface area contributed by atoms with Gasteiger partial charge in [-0.05, 0) is 62.1 Å². The molecule has 0 spiro atoms. The summed E-state index contributed by atoms with van der Waals surface area (Å²) in [6.45, 7) is 3.84. The van der Waals surface area contributed by atoms with Gasteiger partial charge >= 0.3 is 5.97 Å². The van der Waals surface area contributed by atoms with Gasteiger partial charge in [0.15, 0.2) is 6.61 Å². The maximum absolute atomic E-state index is 12.3. The van der Waals surface area contributed by atoms with Gasteiger partial charge in [0.25, 0.3) is 5.91 Å². The lowest BCUT2D eigenvalue weighted by Crippen LogP contribution is -2.28. The zero-order chi connectivity index (χ0) is 21.7. The molecule has 3 rings (SSSR count). The molecule has 1 aromatic heterocycles. The number of carbonyl (C=O) groups is 2. The van der Waals surface area contributed by atoms with Crippen molar-refractivity contribution in [3.63, 3.8) is 0 Å². The first kappa shape index (κ1) is 21.2. The summed E-state index contributed by atoms with van der Waals surface area (Å²) in [7, 11) is 1.58. The minimum absolute atomic E-state index is 0.131. The highest BCUT2D eigenvalue weighted by molar-refractivity contribution is 5.99. The minimum Gasteiger partial charge on any atom is -0.497 e. The van der Waals surface area contributed by atoms with E-state index in [1.807, 2.05) is 38.1 Å². The second-order valence-electron chi connectivity index (χ2n) is 7.30. The summed E-state index contributed by atoms with van der Waals surface area (Å²) >= 11 is 0. The van der Waals surface area contributed by atoms with Crippen LogP contribution in [0.3, 0.4) is 0 Å². The van der Waals surface area contributed by atoms with Crippen molar-refractivity contribution in [3.8, 4) is 11.8 Å². The van der Waals surface area contributed by atoms with Gasteiger partial charge in [-0.2, -0.15) is 5.26 Å². The van der Waals surface area contributed by atoms with E-state index in [0.29, 0.717) is 12.6 Å². The molecule has 0 saturated heterocycles. The number of nitrogens with one attached hydrogen (secondary N) is 1. The lowest BCUT2D eigenvalue weighted by atomic mass is 10.1. The Hall–Kier alpha value is -3.53. The van der Waals surface area contributed by atoms with Gasteiger partial charge in [0.2, 0.25) is 0 Å². The van der Waals surface area contributed by atoms with Crippen LogP contribution in [-0.2, 0) is 20.9 Å². The Morgan fingerprint density at radius 2 is 1.97 bits per heavy atom. The summed E-state index contributed by atoms with van der Waals surface area (Å²) < 4.78 is 12.3. The number of amides is 1. The second-order valence-corrected chi connectivity index (χ2v) is 7.30. The van der Waals surface area contributed by atoms with Crippen molar-refractivity contribution in [2.75, 3.05) is 13.7 Å². The maximum atomic E-state index is 12.3. The summed E-state index contributed by atoms with van der Waals surface area (Å²) in [6.07, 6.45) is 3.83. The van der Waals surface area contributed by atoms with Gasteiger partial charge in [0.05, 0.1) is 7.11 Å². The van der Waals surface area contributed by atoms with Gasteiger partial charge in [-0.15, -0.1) is 0 Å². The Labute approximate surface area is 175 Å². The molecule has 30 heavy (non-hydrogen) atoms. The number of methoxy groups -OCH3 is 1. The molecule has 1 fully saturated rings. The average Bonchev–Trinajstić information content (AvgIpc) is 3.54. The summed E-state index contributed by atoms with van der Waals surface area (Å²) in [6, 6.07) is 11.6. The smallest absolute Gasteiger partial charge is 0.349 e. The van der Waals surface area contributed by atoms with Crippen LogP contribution in [0.15, 0.2) is 35.9 Å². The van der Waals surface area contributed by atoms with Crippen LogP contribution in [0.5, 0.6) is 5.75 Å². The van der Waals surface area contributed by atoms with E-state index >= 15 is 0 Å². The molecule has 1 aromatic carbocycles. The van der Waals surface area contributed by atoms with Crippen molar-refractivity contribution >= 4 is 18.0 Å². The minimum atomic E-state index is -0.812. The fourth-order valence-corrected chi connectivity index (χ4v) is 3.34. The third-order valence-corrected chi connectivity index (χ3v) is 5.06. The van der Waals surface area contributed by atoms with E-state index in [0.717, 1.165) is 41.1 Å². The molecule has 1 aliphatic rings. The maximum Gasteiger partial charge on any atom is 0.349 e. The molecule has 1 heterocycles. The number of hydrogen-bond acceptors (Lipinski definition) is 5. The number of ether oxygens (including phenoxy) is 2. The Morgan fingerprint density at radius 3 is 2.57 bits per heavy atom. The molecular formula is C23H25N3O4. The molecular weight excluding hydrogens is 382 g/mol. The van der Waals surface area contributed by atoms with Gasteiger partial charge in [-0.25, -0.2) is 4.79 Å². The fourth-order valence-electron chi connectivity index (χ4n) is 3.34. The summed E-state index contributed by atoms with van der Waals surface area (Å²) in [4.78, 5) is 24.2. The van der Waals surface area contributed by atoms with Crippen LogP contribution in [0.2, 0.25) is 0 Å². The normalized spacial score (nSPS) is 13.5. The molecule has 0 unspecified atom stereocenters. The Morgan fingerprint density at radius 1 is 1.27 bits per heavy atom. The van der Waals surface area contributed by atoms with E-state index < -0.39 is 18.5 Å². The van der Waals surface area contributed by atoms with Gasteiger partial charge in [0, 0.05) is 24.0 Å². The number of aryl methyl sites for hydroxylation is 1. The van der Waals surface area contributed by atoms with Gasteiger partial charge < -0.3 is 19.4 Å². The standard InChI is InChI=1S/C23H25N3O4/c1-15-10-18(16(2)26(15)20-6-7-20)11-19(12-24)23(28)30-14-22(27)25-13-17-4-8-21(29-3)9-5-17/h4-5,8-11,20H,6-7,13-14H2,1-3H3,(H,25,27)/b19-11+. The Balaban J connectivity index is 1.55. The van der Waals surface area contributed by atoms with Crippen LogP contribution in [0.25, 0.3) is 6.08 Å². The zero-order valence-corrected chi connectivity index (χ0v) is 17.4. The Kier molecular flexibility index (Phi) is 6.58. The summed E-state index contributed by atoms with van der Waals surface area (Å²) in [5.41, 5.74) is 3.70. The number of rotatable bonds is 8. The van der Waals surface area contributed by atoms with Gasteiger partial charge in [-0.1, -0.05) is 12.1 Å². The monoisotopic (exact) mass is 407 g/mol. The highest BCUT2D eigenvalue weighted by atomic mass is 16.5. The predicted molar refractivity (Wildman–Crippen MR) is 112 cm³/mol. The first-order valence-electron chi connectivity index (χ1n) is 9.80. The molecule has 7 heteroatoms. The molecule has 1 N–H and O–H groups in total. The van der Waals surface area contributed by atoms with Crippen LogP contribution in [0.4, 0.5) is 0 Å². The molecule has 2 aromatic rings. The molecule has 0 bridgehead atoms. The van der Waals surface area contributed by atoms with Crippen molar-refractivity contribution in [2.45, 2.75) is 39.3 Å². The SMILES string of the molecule is COc1ccc(CNC(=O)COC(=O)/C(C#N)=C/c2cc(C)n(C3CC3)c2C)cc1. The number of esters is 1. The fraction of sp³-hybridized carbons (Fsp3) is 0.348. The molecule has 0 radical (unpaired) electrons. The number of carbonyl (C=O) groups excluding carboxylic acids is 2. The number of aromatic nitrogens is 1. The van der Waals surface area contributed by atoms with Crippen LogP contribution < -0.4 is 10.1 Å². The van der Waals surface area contributed by atoms with Crippen LogP contribution in [-0.4, -0.2) is 30.2 Å². The molecule has 156 valence electrons. The lowest BCUT2D eigenvalue weighted by molar-refractivity contribution is -0.144. The lowest BCUT2D eigenvalue weighted by Gasteiger charge is -2.08. The number of hydrogen-bond donors (Lipinski definition) is 1. The highest BCUT2D eigenvalue weighted by Crippen LogP contribution is 2.38.